The summed E-state index contributed by atoms with van der Waals surface area (Å²) in [5.41, 5.74) is 0. The number of nitrogens with zero attached hydrogens (tertiary/aromatic N) is 1. The maximum atomic E-state index is 9.27. The maximum Gasteiger partial charge on any atom is 0.0639 e. The molecule has 0 amide bonds. The molecule has 0 aromatic heterocycles. The molecule has 2 heteroatoms. The lowest BCUT2D eigenvalue weighted by Crippen LogP contribution is -2.35. The van der Waals surface area contributed by atoms with E-state index in [1.807, 2.05) is 6.92 Å². The van der Waals surface area contributed by atoms with Crippen molar-refractivity contribution >= 4 is 0 Å². The molecule has 0 aliphatic heterocycles. The Labute approximate surface area is 75.6 Å². The molecule has 72 valence electrons. The van der Waals surface area contributed by atoms with E-state index in [0.717, 1.165) is 19.1 Å². The van der Waals surface area contributed by atoms with Crippen molar-refractivity contribution in [2.75, 3.05) is 13.1 Å². The van der Waals surface area contributed by atoms with Gasteiger partial charge in [-0.2, -0.15) is 0 Å². The highest BCUT2D eigenvalue weighted by molar-refractivity contribution is 4.85. The van der Waals surface area contributed by atoms with Crippen LogP contribution in [-0.4, -0.2) is 35.2 Å². The van der Waals surface area contributed by atoms with E-state index in [1.54, 1.807) is 0 Å². The molecule has 0 aromatic carbocycles. The van der Waals surface area contributed by atoms with Gasteiger partial charge in [0, 0.05) is 19.1 Å². The Morgan fingerprint density at radius 1 is 1.25 bits per heavy atom. The number of hydrogen-bond donors (Lipinski definition) is 1. The Balaban J connectivity index is 2.27. The third-order valence-corrected chi connectivity index (χ3v) is 2.16. The van der Waals surface area contributed by atoms with Crippen molar-refractivity contribution in [3.05, 3.63) is 0 Å². The first-order chi connectivity index (χ1) is 5.59. The van der Waals surface area contributed by atoms with Crippen molar-refractivity contribution < 1.29 is 5.11 Å². The average molecular weight is 171 g/mol. The molecular weight excluding hydrogens is 150 g/mol. The molecular formula is C10H21NO. The molecule has 1 atom stereocenters. The Hall–Kier alpha value is -0.0800. The third-order valence-electron chi connectivity index (χ3n) is 2.16. The zero-order chi connectivity index (χ0) is 9.14. The summed E-state index contributed by atoms with van der Waals surface area (Å²) >= 11 is 0. The molecule has 0 radical (unpaired) electrons. The maximum absolute atomic E-state index is 9.27. The summed E-state index contributed by atoms with van der Waals surface area (Å²) in [6.45, 7) is 8.32. The molecule has 2 nitrogen and oxygen atoms in total. The zero-order valence-corrected chi connectivity index (χ0v) is 8.45. The van der Waals surface area contributed by atoms with Gasteiger partial charge < -0.3 is 5.11 Å². The monoisotopic (exact) mass is 171 g/mol. The molecule has 1 rings (SSSR count). The van der Waals surface area contributed by atoms with Gasteiger partial charge in [-0.1, -0.05) is 13.8 Å². The van der Waals surface area contributed by atoms with Crippen molar-refractivity contribution in [1.82, 2.24) is 4.90 Å². The van der Waals surface area contributed by atoms with Gasteiger partial charge >= 0.3 is 0 Å². The van der Waals surface area contributed by atoms with E-state index in [4.69, 9.17) is 0 Å². The molecule has 12 heavy (non-hydrogen) atoms. The van der Waals surface area contributed by atoms with E-state index in [2.05, 4.69) is 18.7 Å². The Bertz CT molecular complexity index is 120. The minimum atomic E-state index is -0.177. The molecule has 1 fully saturated rings. The minimum absolute atomic E-state index is 0.177. The van der Waals surface area contributed by atoms with Crippen molar-refractivity contribution in [2.24, 2.45) is 5.92 Å². The SMILES string of the molecule is CC(C)CN(CC(C)O)C1CC1. The van der Waals surface area contributed by atoms with Gasteiger partial charge in [0.25, 0.3) is 0 Å². The van der Waals surface area contributed by atoms with Gasteiger partial charge in [0.1, 0.15) is 0 Å². The molecule has 0 aromatic rings. The first-order valence-electron chi connectivity index (χ1n) is 5.01. The van der Waals surface area contributed by atoms with Crippen LogP contribution in [0.1, 0.15) is 33.6 Å². The fourth-order valence-corrected chi connectivity index (χ4v) is 1.62. The van der Waals surface area contributed by atoms with E-state index in [-0.39, 0.29) is 6.10 Å². The van der Waals surface area contributed by atoms with Crippen molar-refractivity contribution in [3.63, 3.8) is 0 Å². The highest BCUT2D eigenvalue weighted by Gasteiger charge is 2.29. The van der Waals surface area contributed by atoms with Crippen LogP contribution in [0.2, 0.25) is 0 Å². The summed E-state index contributed by atoms with van der Waals surface area (Å²) in [5.74, 6) is 0.712. The Morgan fingerprint density at radius 2 is 1.83 bits per heavy atom. The van der Waals surface area contributed by atoms with E-state index in [0.29, 0.717) is 5.92 Å². The molecule has 1 saturated carbocycles. The van der Waals surface area contributed by atoms with Gasteiger partial charge in [0.2, 0.25) is 0 Å². The van der Waals surface area contributed by atoms with Crippen LogP contribution in [0.5, 0.6) is 0 Å². The number of rotatable bonds is 5. The summed E-state index contributed by atoms with van der Waals surface area (Å²) in [6.07, 6.45) is 2.49. The summed E-state index contributed by atoms with van der Waals surface area (Å²) < 4.78 is 0. The second-order valence-electron chi connectivity index (χ2n) is 4.43. The standard InChI is InChI=1S/C10H21NO/c1-8(2)6-11(7-9(3)12)10-4-5-10/h8-10,12H,4-7H2,1-3H3. The molecule has 1 aliphatic carbocycles. The molecule has 0 saturated heterocycles. The van der Waals surface area contributed by atoms with E-state index >= 15 is 0 Å². The summed E-state index contributed by atoms with van der Waals surface area (Å²) in [4.78, 5) is 2.43. The highest BCUT2D eigenvalue weighted by atomic mass is 16.3. The quantitative estimate of drug-likeness (QED) is 0.677. The van der Waals surface area contributed by atoms with Crippen LogP contribution in [0.25, 0.3) is 0 Å². The normalized spacial score (nSPS) is 20.5. The molecule has 1 unspecified atom stereocenters. The number of aliphatic hydroxyl groups excluding tert-OH is 1. The molecule has 0 spiro atoms. The summed E-state index contributed by atoms with van der Waals surface area (Å²) in [5, 5.41) is 9.27. The van der Waals surface area contributed by atoms with E-state index in [9.17, 15) is 5.11 Å². The van der Waals surface area contributed by atoms with Crippen LogP contribution in [0, 0.1) is 5.92 Å². The number of hydrogen-bond acceptors (Lipinski definition) is 2. The van der Waals surface area contributed by atoms with Crippen LogP contribution >= 0.6 is 0 Å². The predicted octanol–water partition coefficient (Wildman–Crippen LogP) is 1.49. The third kappa shape index (κ3) is 3.55. The van der Waals surface area contributed by atoms with Gasteiger partial charge in [-0.3, -0.25) is 4.90 Å². The lowest BCUT2D eigenvalue weighted by Gasteiger charge is -2.25. The average Bonchev–Trinajstić information content (AvgIpc) is 2.63. The van der Waals surface area contributed by atoms with E-state index < -0.39 is 0 Å². The predicted molar refractivity (Wildman–Crippen MR) is 51.1 cm³/mol. The molecule has 0 bridgehead atoms. The van der Waals surface area contributed by atoms with Crippen LogP contribution in [0.3, 0.4) is 0 Å². The van der Waals surface area contributed by atoms with Gasteiger partial charge in [-0.25, -0.2) is 0 Å². The van der Waals surface area contributed by atoms with Crippen LogP contribution in [0.4, 0.5) is 0 Å². The van der Waals surface area contributed by atoms with Gasteiger partial charge in [0.05, 0.1) is 6.10 Å². The fourth-order valence-electron chi connectivity index (χ4n) is 1.62. The van der Waals surface area contributed by atoms with Crippen LogP contribution < -0.4 is 0 Å². The van der Waals surface area contributed by atoms with E-state index in [1.165, 1.54) is 12.8 Å². The zero-order valence-electron chi connectivity index (χ0n) is 8.45. The smallest absolute Gasteiger partial charge is 0.0639 e. The van der Waals surface area contributed by atoms with Crippen LogP contribution in [-0.2, 0) is 0 Å². The van der Waals surface area contributed by atoms with Crippen molar-refractivity contribution in [2.45, 2.75) is 45.8 Å². The Morgan fingerprint density at radius 3 is 2.17 bits per heavy atom. The van der Waals surface area contributed by atoms with Crippen molar-refractivity contribution in [3.8, 4) is 0 Å². The second-order valence-corrected chi connectivity index (χ2v) is 4.43. The fraction of sp³-hybridized carbons (Fsp3) is 1.00. The second kappa shape index (κ2) is 4.24. The lowest BCUT2D eigenvalue weighted by molar-refractivity contribution is 0.114. The van der Waals surface area contributed by atoms with Crippen molar-refractivity contribution in [1.29, 1.82) is 0 Å². The topological polar surface area (TPSA) is 23.5 Å². The van der Waals surface area contributed by atoms with Gasteiger partial charge in [0.15, 0.2) is 0 Å². The lowest BCUT2D eigenvalue weighted by atomic mass is 10.2. The largest absolute Gasteiger partial charge is 0.392 e. The first-order valence-corrected chi connectivity index (χ1v) is 5.01. The summed E-state index contributed by atoms with van der Waals surface area (Å²) in [6, 6.07) is 0.780. The number of aliphatic hydroxyl groups is 1. The van der Waals surface area contributed by atoms with Crippen LogP contribution in [0.15, 0.2) is 0 Å². The highest BCUT2D eigenvalue weighted by Crippen LogP contribution is 2.27. The minimum Gasteiger partial charge on any atom is -0.392 e. The van der Waals surface area contributed by atoms with Gasteiger partial charge in [-0.05, 0) is 25.7 Å². The molecule has 1 N–H and O–H groups in total. The summed E-state index contributed by atoms with van der Waals surface area (Å²) in [7, 11) is 0. The molecule has 0 heterocycles. The van der Waals surface area contributed by atoms with Gasteiger partial charge in [-0.15, -0.1) is 0 Å². The Kier molecular flexibility index (Phi) is 3.53. The first kappa shape index (κ1) is 10.0. The molecule has 1 aliphatic rings.